The fourth-order valence-electron chi connectivity index (χ4n) is 3.33. The second-order valence-corrected chi connectivity index (χ2v) is 7.54. The molecule has 1 aliphatic heterocycles. The average molecular weight is 423 g/mol. The Balaban J connectivity index is 1.49. The molecule has 1 fully saturated rings. The zero-order valence-electron chi connectivity index (χ0n) is 16.5. The van der Waals surface area contributed by atoms with Crippen LogP contribution in [0.5, 0.6) is 11.5 Å². The number of carbonyl (C=O) groups is 1. The van der Waals surface area contributed by atoms with Crippen molar-refractivity contribution in [1.82, 2.24) is 4.90 Å². The van der Waals surface area contributed by atoms with Gasteiger partial charge in [-0.25, -0.2) is 0 Å². The minimum absolute atomic E-state index is 0.209. The third-order valence-corrected chi connectivity index (χ3v) is 5.09. The van der Waals surface area contributed by atoms with E-state index in [-0.39, 0.29) is 5.91 Å². The minimum atomic E-state index is -0.209. The van der Waals surface area contributed by atoms with Gasteiger partial charge in [0.05, 0.1) is 18.9 Å². The number of nitrogens with zero attached hydrogens (tertiary/aromatic N) is 1. The molecule has 1 heterocycles. The molecule has 1 N–H and O–H groups in total. The summed E-state index contributed by atoms with van der Waals surface area (Å²) in [6.07, 6.45) is 0. The van der Waals surface area contributed by atoms with Gasteiger partial charge in [0, 0.05) is 30.2 Å². The first-order valence-electron chi connectivity index (χ1n) is 9.90. The van der Waals surface area contributed by atoms with Crippen LogP contribution in [0.3, 0.4) is 0 Å². The molecule has 3 aromatic rings. The van der Waals surface area contributed by atoms with E-state index in [1.807, 2.05) is 48.5 Å². The second-order valence-electron chi connectivity index (χ2n) is 7.10. The van der Waals surface area contributed by atoms with Crippen molar-refractivity contribution in [2.75, 3.05) is 31.6 Å². The van der Waals surface area contributed by atoms with Crippen molar-refractivity contribution < 1.29 is 14.3 Å². The van der Waals surface area contributed by atoms with Crippen LogP contribution in [0, 0.1) is 0 Å². The lowest BCUT2D eigenvalue weighted by molar-refractivity contribution is 0.0342. The van der Waals surface area contributed by atoms with E-state index >= 15 is 0 Å². The number of para-hydroxylation sites is 1. The van der Waals surface area contributed by atoms with Crippen molar-refractivity contribution in [3.63, 3.8) is 0 Å². The Kier molecular flexibility index (Phi) is 6.64. The minimum Gasteiger partial charge on any atom is -0.455 e. The molecule has 30 heavy (non-hydrogen) atoms. The number of benzene rings is 3. The number of morpholine rings is 1. The average Bonchev–Trinajstić information content (AvgIpc) is 2.77. The monoisotopic (exact) mass is 422 g/mol. The van der Waals surface area contributed by atoms with E-state index in [2.05, 4.69) is 10.2 Å². The molecule has 5 nitrogen and oxygen atoms in total. The molecule has 0 atom stereocenters. The van der Waals surface area contributed by atoms with Gasteiger partial charge in [-0.05, 0) is 48.0 Å². The summed E-state index contributed by atoms with van der Waals surface area (Å²) in [6, 6.07) is 22.3. The lowest BCUT2D eigenvalue weighted by Crippen LogP contribution is -2.35. The maximum Gasteiger partial charge on any atom is 0.255 e. The largest absolute Gasteiger partial charge is 0.455 e. The number of hydrogen-bond acceptors (Lipinski definition) is 4. The molecular weight excluding hydrogens is 400 g/mol. The molecule has 0 aromatic heterocycles. The fourth-order valence-corrected chi connectivity index (χ4v) is 3.50. The molecular formula is C24H23ClN2O3. The van der Waals surface area contributed by atoms with Crippen LogP contribution in [-0.2, 0) is 11.3 Å². The van der Waals surface area contributed by atoms with Gasteiger partial charge in [-0.3, -0.25) is 9.69 Å². The zero-order chi connectivity index (χ0) is 20.8. The number of amides is 1. The summed E-state index contributed by atoms with van der Waals surface area (Å²) in [5.74, 6) is 1.00. The SMILES string of the molecule is O=C(Nc1cc(Cl)ccc1Oc1ccccc1)c1cccc(CN2CCOCC2)c1. The summed E-state index contributed by atoms with van der Waals surface area (Å²) in [5, 5.41) is 3.46. The van der Waals surface area contributed by atoms with Gasteiger partial charge in [0.25, 0.3) is 5.91 Å². The number of ether oxygens (including phenoxy) is 2. The van der Waals surface area contributed by atoms with Crippen molar-refractivity contribution in [2.24, 2.45) is 0 Å². The predicted octanol–water partition coefficient (Wildman–Crippen LogP) is 5.22. The Morgan fingerprint density at radius 3 is 2.60 bits per heavy atom. The van der Waals surface area contributed by atoms with E-state index in [0.29, 0.717) is 27.8 Å². The highest BCUT2D eigenvalue weighted by Gasteiger charge is 2.14. The van der Waals surface area contributed by atoms with E-state index in [4.69, 9.17) is 21.1 Å². The first-order valence-corrected chi connectivity index (χ1v) is 10.3. The van der Waals surface area contributed by atoms with Gasteiger partial charge < -0.3 is 14.8 Å². The lowest BCUT2D eigenvalue weighted by atomic mass is 10.1. The van der Waals surface area contributed by atoms with Crippen LogP contribution in [0.25, 0.3) is 0 Å². The van der Waals surface area contributed by atoms with Crippen LogP contribution in [-0.4, -0.2) is 37.1 Å². The molecule has 0 unspecified atom stereocenters. The molecule has 1 aliphatic rings. The summed E-state index contributed by atoms with van der Waals surface area (Å²) in [6.45, 7) is 4.10. The summed E-state index contributed by atoms with van der Waals surface area (Å²) in [5.41, 5.74) is 2.21. The van der Waals surface area contributed by atoms with Crippen LogP contribution in [0.2, 0.25) is 5.02 Å². The standard InChI is InChI=1S/C24H23ClN2O3/c25-20-9-10-23(30-21-7-2-1-3-8-21)22(16-20)26-24(28)19-6-4-5-18(15-19)17-27-11-13-29-14-12-27/h1-10,15-16H,11-14,17H2,(H,26,28). The maximum absolute atomic E-state index is 12.9. The van der Waals surface area contributed by atoms with Crippen LogP contribution in [0.1, 0.15) is 15.9 Å². The highest BCUT2D eigenvalue weighted by molar-refractivity contribution is 6.31. The number of rotatable bonds is 6. The normalized spacial score (nSPS) is 14.3. The molecule has 0 bridgehead atoms. The van der Waals surface area contributed by atoms with E-state index in [1.165, 1.54) is 0 Å². The summed E-state index contributed by atoms with van der Waals surface area (Å²) >= 11 is 6.16. The Hall–Kier alpha value is -2.86. The Morgan fingerprint density at radius 1 is 1.00 bits per heavy atom. The number of nitrogens with one attached hydrogen (secondary N) is 1. The molecule has 0 spiro atoms. The van der Waals surface area contributed by atoms with Gasteiger partial charge in [-0.2, -0.15) is 0 Å². The third kappa shape index (κ3) is 5.39. The molecule has 1 saturated heterocycles. The first kappa shape index (κ1) is 20.4. The van der Waals surface area contributed by atoms with Gasteiger partial charge in [0.2, 0.25) is 0 Å². The molecule has 4 rings (SSSR count). The lowest BCUT2D eigenvalue weighted by Gasteiger charge is -2.26. The Morgan fingerprint density at radius 2 is 1.80 bits per heavy atom. The van der Waals surface area contributed by atoms with Gasteiger partial charge in [-0.1, -0.05) is 41.9 Å². The van der Waals surface area contributed by atoms with Gasteiger partial charge in [-0.15, -0.1) is 0 Å². The van der Waals surface area contributed by atoms with Gasteiger partial charge >= 0.3 is 0 Å². The molecule has 0 aliphatic carbocycles. The topological polar surface area (TPSA) is 50.8 Å². The second kappa shape index (κ2) is 9.76. The third-order valence-electron chi connectivity index (χ3n) is 4.86. The molecule has 6 heteroatoms. The number of halogens is 1. The highest BCUT2D eigenvalue weighted by atomic mass is 35.5. The quantitative estimate of drug-likeness (QED) is 0.592. The van der Waals surface area contributed by atoms with E-state index in [0.717, 1.165) is 38.4 Å². The zero-order valence-corrected chi connectivity index (χ0v) is 17.3. The number of anilines is 1. The Labute approximate surface area is 181 Å². The van der Waals surface area contributed by atoms with Crippen molar-refractivity contribution in [1.29, 1.82) is 0 Å². The summed E-state index contributed by atoms with van der Waals surface area (Å²) in [7, 11) is 0. The summed E-state index contributed by atoms with van der Waals surface area (Å²) < 4.78 is 11.3. The van der Waals surface area contributed by atoms with E-state index in [1.54, 1.807) is 24.3 Å². The van der Waals surface area contributed by atoms with Gasteiger partial charge in [0.1, 0.15) is 5.75 Å². The van der Waals surface area contributed by atoms with Gasteiger partial charge in [0.15, 0.2) is 5.75 Å². The van der Waals surface area contributed by atoms with Crippen LogP contribution < -0.4 is 10.1 Å². The molecule has 0 saturated carbocycles. The fraction of sp³-hybridized carbons (Fsp3) is 0.208. The molecule has 3 aromatic carbocycles. The van der Waals surface area contributed by atoms with Crippen molar-refractivity contribution in [3.05, 3.63) is 88.9 Å². The van der Waals surface area contributed by atoms with Crippen LogP contribution in [0.15, 0.2) is 72.8 Å². The number of carbonyl (C=O) groups excluding carboxylic acids is 1. The van der Waals surface area contributed by atoms with E-state index < -0.39 is 0 Å². The van der Waals surface area contributed by atoms with Crippen LogP contribution in [0.4, 0.5) is 5.69 Å². The smallest absolute Gasteiger partial charge is 0.255 e. The van der Waals surface area contributed by atoms with Crippen LogP contribution >= 0.6 is 11.6 Å². The summed E-state index contributed by atoms with van der Waals surface area (Å²) in [4.78, 5) is 15.3. The van der Waals surface area contributed by atoms with E-state index in [9.17, 15) is 4.79 Å². The predicted molar refractivity (Wildman–Crippen MR) is 118 cm³/mol. The maximum atomic E-state index is 12.9. The first-order chi connectivity index (χ1) is 14.7. The highest BCUT2D eigenvalue weighted by Crippen LogP contribution is 2.32. The molecule has 154 valence electrons. The Bertz CT molecular complexity index is 1000. The molecule has 1 amide bonds. The van der Waals surface area contributed by atoms with Crippen molar-refractivity contribution in [2.45, 2.75) is 6.54 Å². The molecule has 0 radical (unpaired) electrons. The van der Waals surface area contributed by atoms with Crippen molar-refractivity contribution in [3.8, 4) is 11.5 Å². The number of hydrogen-bond donors (Lipinski definition) is 1. The van der Waals surface area contributed by atoms with Crippen molar-refractivity contribution >= 4 is 23.2 Å².